The van der Waals surface area contributed by atoms with E-state index >= 15 is 0 Å². The summed E-state index contributed by atoms with van der Waals surface area (Å²) in [6.07, 6.45) is -0.654. The number of imide groups is 1. The second-order valence-electron chi connectivity index (χ2n) is 4.45. The molecule has 1 saturated heterocycles. The highest BCUT2D eigenvalue weighted by Crippen LogP contribution is 2.30. The van der Waals surface area contributed by atoms with Gasteiger partial charge >= 0.3 is 6.09 Å². The molecule has 1 aromatic carbocycles. The summed E-state index contributed by atoms with van der Waals surface area (Å²) in [6.45, 7) is 5.53. The number of ether oxygens (including phenoxy) is 2. The molecule has 0 saturated carbocycles. The Morgan fingerprint density at radius 3 is 2.61 bits per heavy atom. The van der Waals surface area contributed by atoms with E-state index in [4.69, 9.17) is 9.47 Å². The number of hydrogen-bond donors (Lipinski definition) is 0. The van der Waals surface area contributed by atoms with Crippen molar-refractivity contribution in [2.75, 3.05) is 11.5 Å². The Bertz CT molecular complexity index is 496. The summed E-state index contributed by atoms with van der Waals surface area (Å²) in [6, 6.07) is 6.81. The molecule has 0 aliphatic carbocycles. The molecule has 5 nitrogen and oxygen atoms in total. The minimum atomic E-state index is -1.11. The van der Waals surface area contributed by atoms with E-state index in [2.05, 4.69) is 0 Å². The lowest BCUT2D eigenvalue weighted by molar-refractivity contribution is -0.127. The number of rotatable bonds is 3. The van der Waals surface area contributed by atoms with Crippen LogP contribution in [0.3, 0.4) is 0 Å². The van der Waals surface area contributed by atoms with Gasteiger partial charge in [-0.3, -0.25) is 4.79 Å². The van der Waals surface area contributed by atoms with E-state index in [1.54, 1.807) is 38.1 Å². The number of hydrogen-bond acceptors (Lipinski definition) is 4. The third-order valence-electron chi connectivity index (χ3n) is 2.63. The van der Waals surface area contributed by atoms with Crippen LogP contribution in [-0.2, 0) is 9.53 Å². The van der Waals surface area contributed by atoms with E-state index in [-0.39, 0.29) is 5.91 Å². The van der Waals surface area contributed by atoms with Crippen molar-refractivity contribution < 1.29 is 19.1 Å². The fourth-order valence-electron chi connectivity index (χ4n) is 1.76. The first kappa shape index (κ1) is 12.4. The molecule has 96 valence electrons. The Hall–Kier alpha value is -2.04. The minimum absolute atomic E-state index is 0.374. The van der Waals surface area contributed by atoms with Crippen molar-refractivity contribution in [2.45, 2.75) is 26.4 Å². The van der Waals surface area contributed by atoms with Crippen molar-refractivity contribution in [1.82, 2.24) is 0 Å². The number of carbonyl (C=O) groups excluding carboxylic acids is 2. The van der Waals surface area contributed by atoms with E-state index < -0.39 is 11.7 Å². The first-order valence-corrected chi connectivity index (χ1v) is 5.76. The van der Waals surface area contributed by atoms with Gasteiger partial charge in [-0.1, -0.05) is 6.07 Å². The first-order valence-electron chi connectivity index (χ1n) is 5.76. The lowest BCUT2D eigenvalue weighted by Gasteiger charge is -2.14. The average Bonchev–Trinajstić information content (AvgIpc) is 2.49. The Morgan fingerprint density at radius 1 is 1.33 bits per heavy atom. The molecule has 0 aromatic heterocycles. The summed E-state index contributed by atoms with van der Waals surface area (Å²) < 4.78 is 10.4. The van der Waals surface area contributed by atoms with E-state index in [1.807, 2.05) is 6.92 Å². The van der Waals surface area contributed by atoms with Gasteiger partial charge in [0, 0.05) is 6.07 Å². The van der Waals surface area contributed by atoms with Crippen LogP contribution in [0.25, 0.3) is 0 Å². The Balaban J connectivity index is 2.34. The Morgan fingerprint density at radius 2 is 2.06 bits per heavy atom. The summed E-state index contributed by atoms with van der Waals surface area (Å²) in [4.78, 5) is 24.8. The number of nitrogens with zero attached hydrogens (tertiary/aromatic N) is 1. The first-order chi connectivity index (χ1) is 8.45. The van der Waals surface area contributed by atoms with Crippen LogP contribution < -0.4 is 9.64 Å². The number of cyclic esters (lactones) is 1. The zero-order valence-electron chi connectivity index (χ0n) is 10.6. The second kappa shape index (κ2) is 4.33. The highest BCUT2D eigenvalue weighted by Gasteiger charge is 2.47. The normalized spacial score (nSPS) is 17.8. The van der Waals surface area contributed by atoms with E-state index in [1.165, 1.54) is 0 Å². The topological polar surface area (TPSA) is 55.8 Å². The van der Waals surface area contributed by atoms with Gasteiger partial charge in [0.1, 0.15) is 5.75 Å². The zero-order chi connectivity index (χ0) is 13.3. The molecule has 1 aromatic rings. The van der Waals surface area contributed by atoms with E-state index in [9.17, 15) is 9.59 Å². The minimum Gasteiger partial charge on any atom is -0.494 e. The molecule has 0 atom stereocenters. The molecule has 2 amide bonds. The van der Waals surface area contributed by atoms with Crippen LogP contribution in [0.4, 0.5) is 10.5 Å². The lowest BCUT2D eigenvalue weighted by Crippen LogP contribution is -2.36. The van der Waals surface area contributed by atoms with Gasteiger partial charge in [-0.2, -0.15) is 0 Å². The van der Waals surface area contributed by atoms with Crippen molar-refractivity contribution in [3.05, 3.63) is 24.3 Å². The van der Waals surface area contributed by atoms with Crippen LogP contribution in [0, 0.1) is 0 Å². The molecule has 1 heterocycles. The quantitative estimate of drug-likeness (QED) is 0.825. The van der Waals surface area contributed by atoms with Gasteiger partial charge in [-0.15, -0.1) is 0 Å². The maximum atomic E-state index is 12.0. The molecule has 18 heavy (non-hydrogen) atoms. The third-order valence-corrected chi connectivity index (χ3v) is 2.63. The maximum absolute atomic E-state index is 12.0. The van der Waals surface area contributed by atoms with Crippen molar-refractivity contribution >= 4 is 17.7 Å². The molecule has 0 spiro atoms. The molecule has 2 rings (SSSR count). The van der Waals surface area contributed by atoms with Crippen molar-refractivity contribution in [3.8, 4) is 5.75 Å². The van der Waals surface area contributed by atoms with Gasteiger partial charge in [0.05, 0.1) is 12.3 Å². The fraction of sp³-hybridized carbons (Fsp3) is 0.385. The molecule has 1 aliphatic rings. The highest BCUT2D eigenvalue weighted by atomic mass is 16.6. The van der Waals surface area contributed by atoms with Gasteiger partial charge in [0.15, 0.2) is 5.60 Å². The van der Waals surface area contributed by atoms with Crippen LogP contribution >= 0.6 is 0 Å². The van der Waals surface area contributed by atoms with Crippen LogP contribution in [-0.4, -0.2) is 24.2 Å². The molecule has 1 fully saturated rings. The van der Waals surface area contributed by atoms with Crippen LogP contribution in [0.15, 0.2) is 24.3 Å². The maximum Gasteiger partial charge on any atom is 0.422 e. The van der Waals surface area contributed by atoms with Crippen LogP contribution in [0.2, 0.25) is 0 Å². The summed E-state index contributed by atoms with van der Waals surface area (Å²) in [5, 5.41) is 0. The largest absolute Gasteiger partial charge is 0.494 e. The number of amides is 2. The summed E-state index contributed by atoms with van der Waals surface area (Å²) in [7, 11) is 0. The Kier molecular flexibility index (Phi) is 2.98. The molecule has 0 N–H and O–H groups in total. The highest BCUT2D eigenvalue weighted by molar-refractivity contribution is 6.19. The standard InChI is InChI=1S/C13H15NO4/c1-4-17-10-7-5-6-9(8-10)14-11(15)13(2,3)18-12(14)16/h5-8H,4H2,1-3H3. The van der Waals surface area contributed by atoms with E-state index in [0.29, 0.717) is 18.0 Å². The summed E-state index contributed by atoms with van der Waals surface area (Å²) in [5.41, 5.74) is -0.653. The Labute approximate surface area is 105 Å². The molecular formula is C13H15NO4. The van der Waals surface area contributed by atoms with E-state index in [0.717, 1.165) is 4.90 Å². The van der Waals surface area contributed by atoms with Crippen molar-refractivity contribution in [3.63, 3.8) is 0 Å². The van der Waals surface area contributed by atoms with Gasteiger partial charge < -0.3 is 9.47 Å². The predicted molar refractivity (Wildman–Crippen MR) is 65.7 cm³/mol. The summed E-state index contributed by atoms with van der Waals surface area (Å²) in [5.74, 6) is 0.237. The number of anilines is 1. The molecular weight excluding hydrogens is 234 g/mol. The monoisotopic (exact) mass is 249 g/mol. The number of carbonyl (C=O) groups is 2. The van der Waals surface area contributed by atoms with Crippen LogP contribution in [0.1, 0.15) is 20.8 Å². The smallest absolute Gasteiger partial charge is 0.422 e. The number of benzene rings is 1. The summed E-state index contributed by atoms with van der Waals surface area (Å²) >= 11 is 0. The lowest BCUT2D eigenvalue weighted by atomic mass is 10.1. The van der Waals surface area contributed by atoms with Crippen molar-refractivity contribution in [1.29, 1.82) is 0 Å². The molecule has 0 bridgehead atoms. The van der Waals surface area contributed by atoms with Crippen molar-refractivity contribution in [2.24, 2.45) is 0 Å². The fourth-order valence-corrected chi connectivity index (χ4v) is 1.76. The third kappa shape index (κ3) is 2.03. The van der Waals surface area contributed by atoms with Gasteiger partial charge in [-0.25, -0.2) is 9.69 Å². The van der Waals surface area contributed by atoms with Gasteiger partial charge in [0.25, 0.3) is 5.91 Å². The van der Waals surface area contributed by atoms with Gasteiger partial charge in [0.2, 0.25) is 0 Å². The molecule has 1 aliphatic heterocycles. The predicted octanol–water partition coefficient (Wildman–Crippen LogP) is 2.35. The molecule has 0 unspecified atom stereocenters. The zero-order valence-corrected chi connectivity index (χ0v) is 10.6. The SMILES string of the molecule is CCOc1cccc(N2C(=O)OC(C)(C)C2=O)c1. The second-order valence-corrected chi connectivity index (χ2v) is 4.45. The average molecular weight is 249 g/mol. The van der Waals surface area contributed by atoms with Crippen LogP contribution in [0.5, 0.6) is 5.75 Å². The molecule has 5 heteroatoms. The van der Waals surface area contributed by atoms with Gasteiger partial charge in [-0.05, 0) is 32.9 Å². The molecule has 0 radical (unpaired) electrons.